The van der Waals surface area contributed by atoms with E-state index in [2.05, 4.69) is 10.4 Å². The Morgan fingerprint density at radius 2 is 2.06 bits per heavy atom. The van der Waals surface area contributed by atoms with Crippen LogP contribution in [0.25, 0.3) is 11.3 Å². The first-order valence-electron chi connectivity index (χ1n) is 5.77. The number of fused-ring (bicyclic) bond motifs is 1. The average molecular weight is 248 g/mol. The molecule has 1 aliphatic rings. The lowest BCUT2D eigenvalue weighted by Gasteiger charge is -2.14. The van der Waals surface area contributed by atoms with Gasteiger partial charge in [-0.2, -0.15) is 5.10 Å². The molecule has 1 aromatic carbocycles. The number of nitrogens with one attached hydrogen (secondary N) is 1. The molecule has 88 valence electrons. The standard InChI is InChI=1S/C13H14ClN3/c1-17-12-6-7-15-8-11(12)13(16-17)9-2-4-10(14)5-3-9/h2-5,15H,6-8H2,1H3. The molecule has 0 unspecified atom stereocenters. The molecule has 17 heavy (non-hydrogen) atoms. The Hall–Kier alpha value is -1.32. The van der Waals surface area contributed by atoms with E-state index in [9.17, 15) is 0 Å². The van der Waals surface area contributed by atoms with Crippen LogP contribution >= 0.6 is 11.6 Å². The van der Waals surface area contributed by atoms with Crippen molar-refractivity contribution in [2.24, 2.45) is 7.05 Å². The van der Waals surface area contributed by atoms with Gasteiger partial charge in [-0.1, -0.05) is 23.7 Å². The van der Waals surface area contributed by atoms with Gasteiger partial charge < -0.3 is 5.32 Å². The van der Waals surface area contributed by atoms with E-state index in [-0.39, 0.29) is 0 Å². The van der Waals surface area contributed by atoms with Crippen LogP contribution in [0.1, 0.15) is 11.3 Å². The number of benzene rings is 1. The molecule has 0 fully saturated rings. The summed E-state index contributed by atoms with van der Waals surface area (Å²) in [7, 11) is 2.02. The minimum absolute atomic E-state index is 0.761. The van der Waals surface area contributed by atoms with Gasteiger partial charge in [0.1, 0.15) is 0 Å². The van der Waals surface area contributed by atoms with E-state index in [1.165, 1.54) is 11.3 Å². The first-order valence-corrected chi connectivity index (χ1v) is 6.15. The van der Waals surface area contributed by atoms with Crippen LogP contribution in [0.15, 0.2) is 24.3 Å². The minimum atomic E-state index is 0.761. The van der Waals surface area contributed by atoms with Crippen LogP contribution in [0.3, 0.4) is 0 Å². The Bertz CT molecular complexity index is 543. The quantitative estimate of drug-likeness (QED) is 0.839. The third-order valence-corrected chi connectivity index (χ3v) is 3.48. The third kappa shape index (κ3) is 1.85. The second-order valence-corrected chi connectivity index (χ2v) is 4.77. The second-order valence-electron chi connectivity index (χ2n) is 4.33. The Balaban J connectivity index is 2.11. The molecule has 2 heterocycles. The highest BCUT2D eigenvalue weighted by Gasteiger charge is 2.19. The number of nitrogens with zero attached hydrogens (tertiary/aromatic N) is 2. The van der Waals surface area contributed by atoms with Gasteiger partial charge >= 0.3 is 0 Å². The molecule has 3 nitrogen and oxygen atoms in total. The van der Waals surface area contributed by atoms with Crippen LogP contribution in [0.5, 0.6) is 0 Å². The van der Waals surface area contributed by atoms with E-state index in [4.69, 9.17) is 11.6 Å². The molecule has 0 atom stereocenters. The van der Waals surface area contributed by atoms with Crippen LogP contribution in [0.4, 0.5) is 0 Å². The van der Waals surface area contributed by atoms with Crippen LogP contribution < -0.4 is 5.32 Å². The summed E-state index contributed by atoms with van der Waals surface area (Å²) in [5, 5.41) is 8.78. The van der Waals surface area contributed by atoms with Crippen molar-refractivity contribution in [2.75, 3.05) is 6.54 Å². The molecule has 4 heteroatoms. The van der Waals surface area contributed by atoms with Crippen molar-refractivity contribution >= 4 is 11.6 Å². The van der Waals surface area contributed by atoms with Gasteiger partial charge in [0, 0.05) is 48.4 Å². The number of rotatable bonds is 1. The normalized spacial score (nSPS) is 14.7. The number of aromatic nitrogens is 2. The molecular formula is C13H14ClN3. The fraction of sp³-hybridized carbons (Fsp3) is 0.308. The van der Waals surface area contributed by atoms with Crippen molar-refractivity contribution in [1.82, 2.24) is 15.1 Å². The summed E-state index contributed by atoms with van der Waals surface area (Å²) in [6, 6.07) is 7.88. The molecule has 3 rings (SSSR count). The summed E-state index contributed by atoms with van der Waals surface area (Å²) in [5.74, 6) is 0. The molecule has 2 aromatic rings. The van der Waals surface area contributed by atoms with Crippen LogP contribution in [0.2, 0.25) is 5.02 Å². The summed E-state index contributed by atoms with van der Waals surface area (Å²) in [6.45, 7) is 1.94. The summed E-state index contributed by atoms with van der Waals surface area (Å²) >= 11 is 5.91. The van der Waals surface area contributed by atoms with E-state index in [1.807, 2.05) is 36.0 Å². The van der Waals surface area contributed by atoms with E-state index in [1.54, 1.807) is 0 Å². The lowest BCUT2D eigenvalue weighted by atomic mass is 10.0. The van der Waals surface area contributed by atoms with Gasteiger partial charge in [0.05, 0.1) is 5.69 Å². The van der Waals surface area contributed by atoms with Crippen molar-refractivity contribution in [1.29, 1.82) is 0 Å². The Kier molecular flexibility index (Phi) is 2.65. The molecule has 1 N–H and O–H groups in total. The fourth-order valence-electron chi connectivity index (χ4n) is 2.36. The van der Waals surface area contributed by atoms with Gasteiger partial charge in [-0.05, 0) is 12.1 Å². The zero-order valence-electron chi connectivity index (χ0n) is 9.70. The Labute approximate surface area is 105 Å². The van der Waals surface area contributed by atoms with Crippen molar-refractivity contribution in [2.45, 2.75) is 13.0 Å². The van der Waals surface area contributed by atoms with Gasteiger partial charge in [-0.15, -0.1) is 0 Å². The molecule has 0 amide bonds. The number of aryl methyl sites for hydroxylation is 1. The lowest BCUT2D eigenvalue weighted by Crippen LogP contribution is -2.24. The predicted molar refractivity (Wildman–Crippen MR) is 69.1 cm³/mol. The van der Waals surface area contributed by atoms with Gasteiger partial charge in [-0.3, -0.25) is 4.68 Å². The molecule has 0 saturated carbocycles. The van der Waals surface area contributed by atoms with Crippen molar-refractivity contribution in [3.05, 3.63) is 40.5 Å². The highest BCUT2D eigenvalue weighted by atomic mass is 35.5. The van der Waals surface area contributed by atoms with Crippen LogP contribution in [0, 0.1) is 0 Å². The summed E-state index contributed by atoms with van der Waals surface area (Å²) < 4.78 is 2.00. The highest BCUT2D eigenvalue weighted by Crippen LogP contribution is 2.27. The van der Waals surface area contributed by atoms with Gasteiger partial charge in [0.25, 0.3) is 0 Å². The maximum atomic E-state index is 5.91. The predicted octanol–water partition coefficient (Wildman–Crippen LogP) is 2.39. The average Bonchev–Trinajstić information content (AvgIpc) is 2.69. The van der Waals surface area contributed by atoms with E-state index < -0.39 is 0 Å². The second kappa shape index (κ2) is 4.17. The van der Waals surface area contributed by atoms with Crippen molar-refractivity contribution in [3.8, 4) is 11.3 Å². The minimum Gasteiger partial charge on any atom is -0.312 e. The highest BCUT2D eigenvalue weighted by molar-refractivity contribution is 6.30. The maximum absolute atomic E-state index is 5.91. The van der Waals surface area contributed by atoms with Gasteiger partial charge in [-0.25, -0.2) is 0 Å². The molecule has 0 aliphatic carbocycles. The maximum Gasteiger partial charge on any atom is 0.0970 e. The molecule has 0 bridgehead atoms. The Morgan fingerprint density at radius 1 is 1.29 bits per heavy atom. The van der Waals surface area contributed by atoms with Crippen molar-refractivity contribution < 1.29 is 0 Å². The molecule has 1 aliphatic heterocycles. The fourth-order valence-corrected chi connectivity index (χ4v) is 2.49. The SMILES string of the molecule is Cn1nc(-c2ccc(Cl)cc2)c2c1CCNC2. The molecular weight excluding hydrogens is 234 g/mol. The van der Waals surface area contributed by atoms with E-state index in [0.717, 1.165) is 35.8 Å². The van der Waals surface area contributed by atoms with Gasteiger partial charge in [0.15, 0.2) is 0 Å². The van der Waals surface area contributed by atoms with Crippen LogP contribution in [-0.4, -0.2) is 16.3 Å². The monoisotopic (exact) mass is 247 g/mol. The topological polar surface area (TPSA) is 29.9 Å². The third-order valence-electron chi connectivity index (χ3n) is 3.23. The zero-order chi connectivity index (χ0) is 11.8. The van der Waals surface area contributed by atoms with Gasteiger partial charge in [0.2, 0.25) is 0 Å². The molecule has 0 radical (unpaired) electrons. The van der Waals surface area contributed by atoms with Crippen molar-refractivity contribution in [3.63, 3.8) is 0 Å². The first-order chi connectivity index (χ1) is 8.25. The Morgan fingerprint density at radius 3 is 2.82 bits per heavy atom. The lowest BCUT2D eigenvalue weighted by molar-refractivity contribution is 0.604. The number of hydrogen-bond donors (Lipinski definition) is 1. The summed E-state index contributed by atoms with van der Waals surface area (Å²) in [6.07, 6.45) is 1.05. The van der Waals surface area contributed by atoms with E-state index in [0.29, 0.717) is 0 Å². The summed E-state index contributed by atoms with van der Waals surface area (Å²) in [4.78, 5) is 0. The molecule has 0 spiro atoms. The smallest absolute Gasteiger partial charge is 0.0970 e. The largest absolute Gasteiger partial charge is 0.312 e. The molecule has 1 aromatic heterocycles. The number of hydrogen-bond acceptors (Lipinski definition) is 2. The van der Waals surface area contributed by atoms with Crippen LogP contribution in [-0.2, 0) is 20.0 Å². The number of halogens is 1. The molecule has 0 saturated heterocycles. The first kappa shape index (κ1) is 10.8. The summed E-state index contributed by atoms with van der Waals surface area (Å²) in [5.41, 5.74) is 4.87. The zero-order valence-corrected chi connectivity index (χ0v) is 10.5. The van der Waals surface area contributed by atoms with E-state index >= 15 is 0 Å².